The molecule has 2 aromatic carbocycles. The van der Waals surface area contributed by atoms with Crippen LogP contribution in [0.3, 0.4) is 0 Å². The Balaban J connectivity index is 2.26. The predicted octanol–water partition coefficient (Wildman–Crippen LogP) is 4.37. The summed E-state index contributed by atoms with van der Waals surface area (Å²) in [7, 11) is 0. The topological polar surface area (TPSA) is 49.3 Å². The molecule has 2 rings (SSSR count). The van der Waals surface area contributed by atoms with E-state index in [1.807, 2.05) is 0 Å². The van der Waals surface area contributed by atoms with Gasteiger partial charge in [-0.05, 0) is 48.9 Å². The van der Waals surface area contributed by atoms with Gasteiger partial charge in [0.1, 0.15) is 5.75 Å². The number of anilines is 1. The van der Waals surface area contributed by atoms with Crippen molar-refractivity contribution in [2.24, 2.45) is 0 Å². The van der Waals surface area contributed by atoms with Gasteiger partial charge in [-0.25, -0.2) is 0 Å². The first-order chi connectivity index (χ1) is 8.97. The van der Waals surface area contributed by atoms with E-state index in [0.29, 0.717) is 21.8 Å². The van der Waals surface area contributed by atoms with Crippen molar-refractivity contribution in [2.45, 2.75) is 6.92 Å². The molecule has 0 fully saturated rings. The minimum absolute atomic E-state index is 0.0230. The van der Waals surface area contributed by atoms with Crippen LogP contribution in [0, 0.1) is 6.92 Å². The maximum Gasteiger partial charge on any atom is 0.255 e. The highest BCUT2D eigenvalue weighted by Crippen LogP contribution is 2.31. The van der Waals surface area contributed by atoms with Gasteiger partial charge in [-0.15, -0.1) is 0 Å². The zero-order valence-corrected chi connectivity index (χ0v) is 12.4. The van der Waals surface area contributed by atoms with Crippen molar-refractivity contribution in [1.82, 2.24) is 0 Å². The second-order valence-electron chi connectivity index (χ2n) is 4.08. The molecule has 0 atom stereocenters. The highest BCUT2D eigenvalue weighted by Gasteiger charge is 2.11. The van der Waals surface area contributed by atoms with Crippen LogP contribution in [0.5, 0.6) is 5.75 Å². The number of hydrogen-bond donors (Lipinski definition) is 2. The minimum Gasteiger partial charge on any atom is -0.505 e. The first kappa shape index (κ1) is 13.9. The second-order valence-corrected chi connectivity index (χ2v) is 5.43. The van der Waals surface area contributed by atoms with E-state index in [2.05, 4.69) is 21.2 Å². The lowest BCUT2D eigenvalue weighted by Gasteiger charge is -2.10. The number of phenols is 1. The van der Waals surface area contributed by atoms with Crippen molar-refractivity contribution in [3.63, 3.8) is 0 Å². The van der Waals surface area contributed by atoms with Gasteiger partial charge < -0.3 is 10.4 Å². The summed E-state index contributed by atoms with van der Waals surface area (Å²) < 4.78 is 0.894. The van der Waals surface area contributed by atoms with Gasteiger partial charge in [0.15, 0.2) is 0 Å². The van der Waals surface area contributed by atoms with Crippen LogP contribution >= 0.6 is 27.5 Å². The quantitative estimate of drug-likeness (QED) is 0.798. The number of benzene rings is 2. The average molecular weight is 341 g/mol. The normalized spacial score (nSPS) is 10.3. The fraction of sp³-hybridized carbons (Fsp3) is 0.0714. The Labute approximate surface area is 124 Å². The fourth-order valence-electron chi connectivity index (χ4n) is 1.63. The van der Waals surface area contributed by atoms with Gasteiger partial charge in [0.2, 0.25) is 0 Å². The van der Waals surface area contributed by atoms with Crippen LogP contribution in [0.4, 0.5) is 5.69 Å². The number of halogens is 2. The van der Waals surface area contributed by atoms with Crippen LogP contribution in [0.2, 0.25) is 5.02 Å². The van der Waals surface area contributed by atoms with E-state index in [4.69, 9.17) is 11.6 Å². The predicted molar refractivity (Wildman–Crippen MR) is 79.9 cm³/mol. The molecule has 0 heterocycles. The number of rotatable bonds is 2. The number of nitrogens with one attached hydrogen (secondary N) is 1. The zero-order valence-electron chi connectivity index (χ0n) is 10.1. The van der Waals surface area contributed by atoms with Crippen molar-refractivity contribution >= 4 is 39.1 Å². The molecular formula is C14H11BrClNO2. The molecule has 3 nitrogen and oxygen atoms in total. The lowest BCUT2D eigenvalue weighted by molar-refractivity contribution is 0.102. The molecule has 0 aliphatic heterocycles. The number of aryl methyl sites for hydroxylation is 1. The summed E-state index contributed by atoms with van der Waals surface area (Å²) >= 11 is 9.21. The van der Waals surface area contributed by atoms with Crippen LogP contribution in [0.1, 0.15) is 15.9 Å². The van der Waals surface area contributed by atoms with Crippen LogP contribution in [0.25, 0.3) is 0 Å². The number of carbonyl (C=O) groups is 1. The lowest BCUT2D eigenvalue weighted by atomic mass is 10.1. The van der Waals surface area contributed by atoms with Crippen LogP contribution in [-0.2, 0) is 0 Å². The van der Waals surface area contributed by atoms with Gasteiger partial charge in [0.25, 0.3) is 5.91 Å². The molecule has 0 bridgehead atoms. The molecule has 0 aliphatic rings. The number of aromatic hydroxyl groups is 1. The molecule has 2 aromatic rings. The highest BCUT2D eigenvalue weighted by molar-refractivity contribution is 9.10. The van der Waals surface area contributed by atoms with E-state index in [9.17, 15) is 9.90 Å². The molecule has 0 saturated heterocycles. The molecule has 0 unspecified atom stereocenters. The Morgan fingerprint density at radius 2 is 1.89 bits per heavy atom. The average Bonchev–Trinajstić information content (AvgIpc) is 2.36. The maximum absolute atomic E-state index is 12.0. The first-order valence-corrected chi connectivity index (χ1v) is 6.70. The van der Waals surface area contributed by atoms with Crippen LogP contribution < -0.4 is 5.32 Å². The smallest absolute Gasteiger partial charge is 0.255 e. The lowest BCUT2D eigenvalue weighted by Crippen LogP contribution is -2.12. The first-order valence-electron chi connectivity index (χ1n) is 5.53. The van der Waals surface area contributed by atoms with Crippen LogP contribution in [-0.4, -0.2) is 11.0 Å². The van der Waals surface area contributed by atoms with E-state index in [-0.39, 0.29) is 11.7 Å². The molecule has 0 aromatic heterocycles. The summed E-state index contributed by atoms with van der Waals surface area (Å²) in [6.45, 7) is 1.72. The van der Waals surface area contributed by atoms with Crippen molar-refractivity contribution < 1.29 is 9.90 Å². The monoisotopic (exact) mass is 339 g/mol. The van der Waals surface area contributed by atoms with Crippen molar-refractivity contribution in [3.8, 4) is 5.75 Å². The molecule has 0 spiro atoms. The SMILES string of the molecule is Cc1cc(Cl)cc(NC(=O)c2ccc(Br)cc2)c1O. The Morgan fingerprint density at radius 3 is 2.53 bits per heavy atom. The Hall–Kier alpha value is -1.52. The molecule has 2 N–H and O–H groups in total. The number of carbonyl (C=O) groups excluding carboxylic acids is 1. The van der Waals surface area contributed by atoms with Gasteiger partial charge in [-0.3, -0.25) is 4.79 Å². The van der Waals surface area contributed by atoms with Gasteiger partial charge in [0.05, 0.1) is 5.69 Å². The number of hydrogen-bond acceptors (Lipinski definition) is 2. The second kappa shape index (κ2) is 5.63. The highest BCUT2D eigenvalue weighted by atomic mass is 79.9. The molecule has 98 valence electrons. The van der Waals surface area contributed by atoms with E-state index in [1.54, 1.807) is 37.3 Å². The third-order valence-electron chi connectivity index (χ3n) is 2.62. The molecular weight excluding hydrogens is 330 g/mol. The van der Waals surface area contributed by atoms with Gasteiger partial charge >= 0.3 is 0 Å². The zero-order chi connectivity index (χ0) is 14.0. The summed E-state index contributed by atoms with van der Waals surface area (Å²) in [5.41, 5.74) is 1.41. The minimum atomic E-state index is -0.301. The van der Waals surface area contributed by atoms with Crippen molar-refractivity contribution in [2.75, 3.05) is 5.32 Å². The Bertz CT molecular complexity index is 626. The molecule has 0 saturated carbocycles. The summed E-state index contributed by atoms with van der Waals surface area (Å²) in [5.74, 6) is -0.278. The molecule has 19 heavy (non-hydrogen) atoms. The van der Waals surface area contributed by atoms with Crippen molar-refractivity contribution in [1.29, 1.82) is 0 Å². The van der Waals surface area contributed by atoms with E-state index >= 15 is 0 Å². The number of phenolic OH excluding ortho intramolecular Hbond substituents is 1. The Kier molecular flexibility index (Phi) is 4.12. The summed E-state index contributed by atoms with van der Waals surface area (Å²) in [5, 5.41) is 13.0. The van der Waals surface area contributed by atoms with E-state index < -0.39 is 0 Å². The molecule has 0 radical (unpaired) electrons. The third kappa shape index (κ3) is 3.28. The molecule has 5 heteroatoms. The standard InChI is InChI=1S/C14H11BrClNO2/c1-8-6-11(16)7-12(13(8)18)17-14(19)9-2-4-10(15)5-3-9/h2-7,18H,1H3,(H,17,19). The van der Waals surface area contributed by atoms with Gasteiger partial charge in [-0.1, -0.05) is 27.5 Å². The largest absolute Gasteiger partial charge is 0.505 e. The van der Waals surface area contributed by atoms with Crippen molar-refractivity contribution in [3.05, 3.63) is 57.0 Å². The molecule has 1 amide bonds. The van der Waals surface area contributed by atoms with E-state index in [1.165, 1.54) is 6.07 Å². The maximum atomic E-state index is 12.0. The van der Waals surface area contributed by atoms with Crippen LogP contribution in [0.15, 0.2) is 40.9 Å². The summed E-state index contributed by atoms with van der Waals surface area (Å²) in [6, 6.07) is 10.1. The van der Waals surface area contributed by atoms with Gasteiger partial charge in [0, 0.05) is 15.1 Å². The fourth-order valence-corrected chi connectivity index (χ4v) is 2.16. The Morgan fingerprint density at radius 1 is 1.26 bits per heavy atom. The molecule has 0 aliphatic carbocycles. The summed E-state index contributed by atoms with van der Waals surface area (Å²) in [6.07, 6.45) is 0. The van der Waals surface area contributed by atoms with E-state index in [0.717, 1.165) is 4.47 Å². The van der Waals surface area contributed by atoms with Gasteiger partial charge in [-0.2, -0.15) is 0 Å². The number of amides is 1. The summed E-state index contributed by atoms with van der Waals surface area (Å²) in [4.78, 5) is 12.0. The third-order valence-corrected chi connectivity index (χ3v) is 3.37.